The quantitative estimate of drug-likeness (QED) is 0.845. The number of oxime groups is 1. The molecule has 7 heteroatoms. The van der Waals surface area contributed by atoms with Crippen LogP contribution in [0.1, 0.15) is 20.3 Å². The van der Waals surface area contributed by atoms with E-state index in [1.54, 1.807) is 6.33 Å². The second-order valence-electron chi connectivity index (χ2n) is 7.06. The number of rotatable bonds is 3. The first-order valence-electron chi connectivity index (χ1n) is 9.09. The van der Waals surface area contributed by atoms with Gasteiger partial charge in [0.05, 0.1) is 11.2 Å². The van der Waals surface area contributed by atoms with Gasteiger partial charge >= 0.3 is 0 Å². The van der Waals surface area contributed by atoms with E-state index in [1.807, 2.05) is 29.2 Å². The number of fused-ring (bicyclic) bond motifs is 1. The van der Waals surface area contributed by atoms with Crippen molar-refractivity contribution in [1.82, 2.24) is 14.9 Å². The summed E-state index contributed by atoms with van der Waals surface area (Å²) in [5, 5.41) is 5.12. The van der Waals surface area contributed by atoms with Gasteiger partial charge in [-0.3, -0.25) is 4.79 Å². The number of anilines is 1. The highest BCUT2D eigenvalue weighted by Crippen LogP contribution is 2.24. The molecule has 1 fully saturated rings. The predicted octanol–water partition coefficient (Wildman–Crippen LogP) is 2.08. The molecule has 0 saturated carbocycles. The summed E-state index contributed by atoms with van der Waals surface area (Å²) in [6.07, 6.45) is 1.75. The molecule has 0 radical (unpaired) electrons. The van der Waals surface area contributed by atoms with E-state index in [2.05, 4.69) is 33.9 Å². The van der Waals surface area contributed by atoms with Crippen molar-refractivity contribution in [2.75, 3.05) is 31.1 Å². The fraction of sp³-hybridized carbons (Fsp3) is 0.474. The van der Waals surface area contributed by atoms with Gasteiger partial charge in [0.25, 0.3) is 5.91 Å². The summed E-state index contributed by atoms with van der Waals surface area (Å²) < 4.78 is 0. The van der Waals surface area contributed by atoms with Gasteiger partial charge in [-0.1, -0.05) is 31.1 Å². The van der Waals surface area contributed by atoms with Crippen LogP contribution in [-0.4, -0.2) is 58.8 Å². The molecule has 0 bridgehead atoms. The van der Waals surface area contributed by atoms with Crippen LogP contribution in [0.4, 0.5) is 5.82 Å². The van der Waals surface area contributed by atoms with E-state index in [1.165, 1.54) is 0 Å². The zero-order valence-electron chi connectivity index (χ0n) is 15.1. The average molecular weight is 353 g/mol. The number of piperazine rings is 1. The molecule has 136 valence electrons. The SMILES string of the molecule is CC(C)C1=NOC(C(=O)N2CCN(c3ncnc4ccccc34)CC2)C1. The summed E-state index contributed by atoms with van der Waals surface area (Å²) in [4.78, 5) is 31.0. The lowest BCUT2D eigenvalue weighted by Crippen LogP contribution is -2.51. The molecule has 3 heterocycles. The zero-order valence-corrected chi connectivity index (χ0v) is 15.1. The number of nitrogens with zero attached hydrogens (tertiary/aromatic N) is 5. The third-order valence-corrected chi connectivity index (χ3v) is 5.05. The number of carbonyl (C=O) groups excluding carboxylic acids is 1. The molecule has 1 unspecified atom stereocenters. The monoisotopic (exact) mass is 353 g/mol. The van der Waals surface area contributed by atoms with Crippen molar-refractivity contribution in [3.05, 3.63) is 30.6 Å². The summed E-state index contributed by atoms with van der Waals surface area (Å²) in [6.45, 7) is 6.95. The molecule has 1 atom stereocenters. The van der Waals surface area contributed by atoms with Gasteiger partial charge in [0.2, 0.25) is 6.10 Å². The summed E-state index contributed by atoms with van der Waals surface area (Å²) >= 11 is 0. The lowest BCUT2D eigenvalue weighted by Gasteiger charge is -2.36. The number of aromatic nitrogens is 2. The number of amides is 1. The maximum atomic E-state index is 12.7. The molecule has 0 spiro atoms. The molecule has 1 saturated heterocycles. The highest BCUT2D eigenvalue weighted by molar-refractivity contribution is 5.94. The highest BCUT2D eigenvalue weighted by Gasteiger charge is 2.34. The van der Waals surface area contributed by atoms with Crippen molar-refractivity contribution in [3.8, 4) is 0 Å². The maximum absolute atomic E-state index is 12.7. The van der Waals surface area contributed by atoms with Crippen LogP contribution in [-0.2, 0) is 9.63 Å². The molecule has 2 aliphatic rings. The van der Waals surface area contributed by atoms with Crippen molar-refractivity contribution in [2.24, 2.45) is 11.1 Å². The van der Waals surface area contributed by atoms with E-state index in [0.717, 1.165) is 35.5 Å². The Morgan fingerprint density at radius 1 is 1.15 bits per heavy atom. The van der Waals surface area contributed by atoms with Crippen LogP contribution >= 0.6 is 0 Å². The molecular formula is C19H23N5O2. The molecule has 0 aliphatic carbocycles. The minimum absolute atomic E-state index is 0.0385. The van der Waals surface area contributed by atoms with Gasteiger partial charge in [-0.2, -0.15) is 0 Å². The van der Waals surface area contributed by atoms with Crippen LogP contribution in [0.3, 0.4) is 0 Å². The molecule has 2 aliphatic heterocycles. The first-order valence-corrected chi connectivity index (χ1v) is 9.09. The summed E-state index contributed by atoms with van der Waals surface area (Å²) in [5.41, 5.74) is 1.91. The third kappa shape index (κ3) is 3.09. The number of carbonyl (C=O) groups is 1. The molecule has 4 rings (SSSR count). The Hall–Kier alpha value is -2.70. The molecule has 1 aromatic heterocycles. The smallest absolute Gasteiger partial charge is 0.267 e. The lowest BCUT2D eigenvalue weighted by molar-refractivity contribution is -0.142. The number of hydrogen-bond donors (Lipinski definition) is 0. The molecule has 2 aromatic rings. The predicted molar refractivity (Wildman–Crippen MR) is 100 cm³/mol. The fourth-order valence-corrected chi connectivity index (χ4v) is 3.45. The van der Waals surface area contributed by atoms with Gasteiger partial charge in [-0.15, -0.1) is 0 Å². The Labute approximate surface area is 152 Å². The molecular weight excluding hydrogens is 330 g/mol. The Balaban J connectivity index is 1.41. The second-order valence-corrected chi connectivity index (χ2v) is 7.06. The summed E-state index contributed by atoms with van der Waals surface area (Å²) in [7, 11) is 0. The van der Waals surface area contributed by atoms with Gasteiger partial charge in [-0.05, 0) is 18.1 Å². The van der Waals surface area contributed by atoms with Crippen molar-refractivity contribution in [1.29, 1.82) is 0 Å². The van der Waals surface area contributed by atoms with Gasteiger partial charge < -0.3 is 14.6 Å². The normalized spacial score (nSPS) is 20.4. The maximum Gasteiger partial charge on any atom is 0.267 e. The summed E-state index contributed by atoms with van der Waals surface area (Å²) in [5.74, 6) is 1.29. The highest BCUT2D eigenvalue weighted by atomic mass is 16.6. The van der Waals surface area contributed by atoms with Crippen LogP contribution < -0.4 is 4.90 Å². The standard InChI is InChI=1S/C19H23N5O2/c1-13(2)16-11-17(26-22-16)19(25)24-9-7-23(8-10-24)18-14-5-3-4-6-15(14)20-12-21-18/h3-6,12-13,17H,7-11H2,1-2H3. The van der Waals surface area contributed by atoms with Crippen molar-refractivity contribution in [2.45, 2.75) is 26.4 Å². The van der Waals surface area contributed by atoms with Gasteiger partial charge in [-0.25, -0.2) is 9.97 Å². The molecule has 26 heavy (non-hydrogen) atoms. The number of hydrogen-bond acceptors (Lipinski definition) is 6. The topological polar surface area (TPSA) is 70.9 Å². The van der Waals surface area contributed by atoms with E-state index in [4.69, 9.17) is 4.84 Å². The molecule has 7 nitrogen and oxygen atoms in total. The van der Waals surface area contributed by atoms with E-state index in [9.17, 15) is 4.79 Å². The first-order chi connectivity index (χ1) is 12.6. The minimum atomic E-state index is -0.459. The largest absolute Gasteiger partial charge is 0.382 e. The Kier molecular flexibility index (Phi) is 4.44. The number of para-hydroxylation sites is 1. The van der Waals surface area contributed by atoms with Crippen molar-refractivity contribution >= 4 is 28.3 Å². The van der Waals surface area contributed by atoms with Crippen LogP contribution in [0.25, 0.3) is 10.9 Å². The fourth-order valence-electron chi connectivity index (χ4n) is 3.45. The van der Waals surface area contributed by atoms with Crippen LogP contribution in [0, 0.1) is 5.92 Å². The van der Waals surface area contributed by atoms with Crippen molar-refractivity contribution in [3.63, 3.8) is 0 Å². The van der Waals surface area contributed by atoms with Gasteiger partial charge in [0.1, 0.15) is 12.1 Å². The Morgan fingerprint density at radius 3 is 2.65 bits per heavy atom. The number of benzene rings is 1. The van der Waals surface area contributed by atoms with Crippen molar-refractivity contribution < 1.29 is 9.63 Å². The zero-order chi connectivity index (χ0) is 18.1. The van der Waals surface area contributed by atoms with Crippen LogP contribution in [0.15, 0.2) is 35.7 Å². The second kappa shape index (κ2) is 6.90. The molecule has 1 amide bonds. The Bertz CT molecular complexity index is 837. The lowest BCUT2D eigenvalue weighted by atomic mass is 10.0. The van der Waals surface area contributed by atoms with Gasteiger partial charge in [0.15, 0.2) is 0 Å². The molecule has 1 aromatic carbocycles. The van der Waals surface area contributed by atoms with Gasteiger partial charge in [0, 0.05) is 38.0 Å². The minimum Gasteiger partial charge on any atom is -0.382 e. The summed E-state index contributed by atoms with van der Waals surface area (Å²) in [6, 6.07) is 8.01. The van der Waals surface area contributed by atoms with E-state index in [0.29, 0.717) is 25.4 Å². The molecule has 0 N–H and O–H groups in total. The van der Waals surface area contributed by atoms with E-state index in [-0.39, 0.29) is 5.91 Å². The first kappa shape index (κ1) is 16.8. The van der Waals surface area contributed by atoms with Crippen LogP contribution in [0.5, 0.6) is 0 Å². The average Bonchev–Trinajstić information content (AvgIpc) is 3.18. The van der Waals surface area contributed by atoms with Crippen LogP contribution in [0.2, 0.25) is 0 Å². The third-order valence-electron chi connectivity index (χ3n) is 5.05. The van der Waals surface area contributed by atoms with E-state index >= 15 is 0 Å². The Morgan fingerprint density at radius 2 is 1.92 bits per heavy atom. The van der Waals surface area contributed by atoms with E-state index < -0.39 is 6.10 Å².